The number of alkyl halides is 3. The first kappa shape index (κ1) is 19.8. The number of amides is 1. The zero-order valence-electron chi connectivity index (χ0n) is 13.2. The van der Waals surface area contributed by atoms with E-state index in [9.17, 15) is 22.8 Å². The van der Waals surface area contributed by atoms with Gasteiger partial charge in [0.15, 0.2) is 6.61 Å². The number of carboxylic acids is 1. The highest BCUT2D eigenvalue weighted by Gasteiger charge is 2.28. The zero-order valence-corrected chi connectivity index (χ0v) is 13.2. The van der Waals surface area contributed by atoms with Gasteiger partial charge in [-0.05, 0) is 24.1 Å². The van der Waals surface area contributed by atoms with E-state index in [0.29, 0.717) is 18.4 Å². The fourth-order valence-corrected chi connectivity index (χ4v) is 2.01. The van der Waals surface area contributed by atoms with Crippen molar-refractivity contribution in [1.82, 2.24) is 5.32 Å². The van der Waals surface area contributed by atoms with Gasteiger partial charge in [0.2, 0.25) is 5.91 Å². The summed E-state index contributed by atoms with van der Waals surface area (Å²) in [5.41, 5.74) is 0.437. The highest BCUT2D eigenvalue weighted by atomic mass is 19.4. The van der Waals surface area contributed by atoms with Gasteiger partial charge in [0.25, 0.3) is 0 Å². The summed E-state index contributed by atoms with van der Waals surface area (Å²) in [7, 11) is 0. The maximum absolute atomic E-state index is 12.1. The number of hydrogen-bond acceptors (Lipinski definition) is 3. The lowest BCUT2D eigenvalue weighted by molar-refractivity contribution is -0.153. The highest BCUT2D eigenvalue weighted by Crippen LogP contribution is 2.19. The van der Waals surface area contributed by atoms with Crippen LogP contribution in [-0.2, 0) is 16.0 Å². The fraction of sp³-hybridized carbons (Fsp3) is 0.500. The molecule has 24 heavy (non-hydrogen) atoms. The Hall–Kier alpha value is -2.25. The van der Waals surface area contributed by atoms with Crippen molar-refractivity contribution in [3.05, 3.63) is 29.8 Å². The standard InChI is InChI=1S/C16H20F3NO4/c1-2-3-7-13(15(22)23)20-14(21)9-11-5-4-6-12(8-11)24-10-16(17,18)19/h4-6,8,13H,2-3,7,9-10H2,1H3,(H,20,21)(H,22,23)/t13-/m0/s1. The molecule has 8 heteroatoms. The molecular weight excluding hydrogens is 327 g/mol. The summed E-state index contributed by atoms with van der Waals surface area (Å²) in [6, 6.07) is 4.74. The van der Waals surface area contributed by atoms with E-state index in [1.165, 1.54) is 18.2 Å². The second kappa shape index (κ2) is 9.14. The lowest BCUT2D eigenvalue weighted by atomic mass is 10.1. The van der Waals surface area contributed by atoms with E-state index in [4.69, 9.17) is 5.11 Å². The molecule has 0 aromatic heterocycles. The Balaban J connectivity index is 2.61. The topological polar surface area (TPSA) is 75.6 Å². The third kappa shape index (κ3) is 7.85. The zero-order chi connectivity index (χ0) is 18.2. The average molecular weight is 347 g/mol. The van der Waals surface area contributed by atoms with Crippen molar-refractivity contribution in [3.8, 4) is 5.75 Å². The molecule has 1 aromatic carbocycles. The van der Waals surface area contributed by atoms with Gasteiger partial charge in [0.05, 0.1) is 6.42 Å². The molecule has 134 valence electrons. The molecule has 1 atom stereocenters. The largest absolute Gasteiger partial charge is 0.484 e. The van der Waals surface area contributed by atoms with Crippen LogP contribution in [0.15, 0.2) is 24.3 Å². The van der Waals surface area contributed by atoms with Gasteiger partial charge in [-0.25, -0.2) is 4.79 Å². The number of halogens is 3. The van der Waals surface area contributed by atoms with Gasteiger partial charge in [-0.15, -0.1) is 0 Å². The van der Waals surface area contributed by atoms with Crippen LogP contribution in [0.4, 0.5) is 13.2 Å². The normalized spacial score (nSPS) is 12.5. The van der Waals surface area contributed by atoms with Crippen LogP contribution in [0.25, 0.3) is 0 Å². The van der Waals surface area contributed by atoms with Crippen LogP contribution >= 0.6 is 0 Å². The van der Waals surface area contributed by atoms with E-state index in [-0.39, 0.29) is 12.2 Å². The maximum atomic E-state index is 12.1. The summed E-state index contributed by atoms with van der Waals surface area (Å²) in [5, 5.41) is 11.5. The van der Waals surface area contributed by atoms with Gasteiger partial charge in [-0.3, -0.25) is 4.79 Å². The smallest absolute Gasteiger partial charge is 0.422 e. The van der Waals surface area contributed by atoms with Crippen LogP contribution in [0, 0.1) is 0 Å². The van der Waals surface area contributed by atoms with Crippen LogP contribution in [-0.4, -0.2) is 35.8 Å². The second-order valence-electron chi connectivity index (χ2n) is 5.33. The minimum Gasteiger partial charge on any atom is -0.484 e. The van der Waals surface area contributed by atoms with Gasteiger partial charge in [-0.2, -0.15) is 13.2 Å². The van der Waals surface area contributed by atoms with Crippen LogP contribution in [0.5, 0.6) is 5.75 Å². The van der Waals surface area contributed by atoms with Gasteiger partial charge in [-0.1, -0.05) is 31.9 Å². The number of carbonyl (C=O) groups excluding carboxylic acids is 1. The van der Waals surface area contributed by atoms with Gasteiger partial charge >= 0.3 is 12.1 Å². The molecule has 5 nitrogen and oxygen atoms in total. The van der Waals surface area contributed by atoms with E-state index in [1.54, 1.807) is 6.07 Å². The van der Waals surface area contributed by atoms with Crippen molar-refractivity contribution in [1.29, 1.82) is 0 Å². The molecule has 0 bridgehead atoms. The van der Waals surface area contributed by atoms with Gasteiger partial charge < -0.3 is 15.2 Å². The second-order valence-corrected chi connectivity index (χ2v) is 5.33. The number of carboxylic acid groups (broad SMARTS) is 1. The maximum Gasteiger partial charge on any atom is 0.422 e. The molecular formula is C16H20F3NO4. The first-order chi connectivity index (χ1) is 11.2. The minimum atomic E-state index is -4.44. The Morgan fingerprint density at radius 2 is 2.04 bits per heavy atom. The third-order valence-corrected chi connectivity index (χ3v) is 3.15. The van der Waals surface area contributed by atoms with Crippen LogP contribution in [0.2, 0.25) is 0 Å². The van der Waals surface area contributed by atoms with Gasteiger partial charge in [0.1, 0.15) is 11.8 Å². The first-order valence-electron chi connectivity index (χ1n) is 7.52. The Labute approximate surface area is 137 Å². The average Bonchev–Trinajstić information content (AvgIpc) is 2.49. The van der Waals surface area contributed by atoms with E-state index in [0.717, 1.165) is 6.42 Å². The molecule has 0 heterocycles. The Bertz CT molecular complexity index is 560. The fourth-order valence-electron chi connectivity index (χ4n) is 2.01. The molecule has 1 amide bonds. The molecule has 0 radical (unpaired) electrons. The van der Waals surface area contributed by atoms with E-state index in [2.05, 4.69) is 10.1 Å². The van der Waals surface area contributed by atoms with Crippen LogP contribution in [0.1, 0.15) is 31.7 Å². The van der Waals surface area contributed by atoms with E-state index in [1.807, 2.05) is 6.92 Å². The van der Waals surface area contributed by atoms with Crippen molar-refractivity contribution in [2.75, 3.05) is 6.61 Å². The third-order valence-electron chi connectivity index (χ3n) is 3.15. The molecule has 2 N–H and O–H groups in total. The molecule has 0 saturated heterocycles. The summed E-state index contributed by atoms with van der Waals surface area (Å²) in [6.07, 6.45) is -2.79. The first-order valence-corrected chi connectivity index (χ1v) is 7.52. The number of rotatable bonds is 9. The number of carbonyl (C=O) groups is 2. The number of hydrogen-bond donors (Lipinski definition) is 2. The minimum absolute atomic E-state index is 0.00149. The van der Waals surface area contributed by atoms with Crippen molar-refractivity contribution < 1.29 is 32.6 Å². The monoisotopic (exact) mass is 347 g/mol. The Morgan fingerprint density at radius 3 is 2.62 bits per heavy atom. The number of unbranched alkanes of at least 4 members (excludes halogenated alkanes) is 1. The Morgan fingerprint density at radius 1 is 1.33 bits per heavy atom. The summed E-state index contributed by atoms with van der Waals surface area (Å²) in [4.78, 5) is 23.0. The van der Waals surface area contributed by atoms with Crippen LogP contribution < -0.4 is 10.1 Å². The van der Waals surface area contributed by atoms with Crippen molar-refractivity contribution in [3.63, 3.8) is 0 Å². The molecule has 0 saturated carbocycles. The Kier molecular flexibility index (Phi) is 7.54. The quantitative estimate of drug-likeness (QED) is 0.720. The lowest BCUT2D eigenvalue weighted by Gasteiger charge is -2.14. The molecule has 0 spiro atoms. The van der Waals surface area contributed by atoms with Crippen molar-refractivity contribution >= 4 is 11.9 Å². The van der Waals surface area contributed by atoms with E-state index < -0.39 is 30.7 Å². The van der Waals surface area contributed by atoms with Gasteiger partial charge in [0, 0.05) is 0 Å². The van der Waals surface area contributed by atoms with Crippen LogP contribution in [0.3, 0.4) is 0 Å². The van der Waals surface area contributed by atoms with Crippen molar-refractivity contribution in [2.24, 2.45) is 0 Å². The van der Waals surface area contributed by atoms with E-state index >= 15 is 0 Å². The summed E-state index contributed by atoms with van der Waals surface area (Å²) in [5.74, 6) is -1.62. The highest BCUT2D eigenvalue weighted by molar-refractivity contribution is 5.84. The molecule has 0 aliphatic rings. The number of ether oxygens (including phenoxy) is 1. The molecule has 0 unspecified atom stereocenters. The molecule has 0 aliphatic heterocycles. The molecule has 1 aromatic rings. The lowest BCUT2D eigenvalue weighted by Crippen LogP contribution is -2.41. The van der Waals surface area contributed by atoms with Crippen molar-refractivity contribution in [2.45, 2.75) is 44.8 Å². The predicted molar refractivity (Wildman–Crippen MR) is 80.8 cm³/mol. The SMILES string of the molecule is CCCC[C@H](NC(=O)Cc1cccc(OCC(F)(F)F)c1)C(=O)O. The number of benzene rings is 1. The summed E-state index contributed by atoms with van der Waals surface area (Å²) in [6.45, 7) is 0.494. The summed E-state index contributed by atoms with van der Waals surface area (Å²) < 4.78 is 41.0. The molecule has 1 rings (SSSR count). The summed E-state index contributed by atoms with van der Waals surface area (Å²) >= 11 is 0. The number of nitrogens with one attached hydrogen (secondary N) is 1. The molecule has 0 fully saturated rings. The number of aliphatic carboxylic acids is 1. The predicted octanol–water partition coefficient (Wildman–Crippen LogP) is 2.93. The molecule has 0 aliphatic carbocycles.